The average molecular weight is 406 g/mol. The van der Waals surface area contributed by atoms with Crippen molar-refractivity contribution in [1.82, 2.24) is 14.5 Å². The van der Waals surface area contributed by atoms with Crippen molar-refractivity contribution in [3.8, 4) is 5.75 Å². The zero-order valence-corrected chi connectivity index (χ0v) is 16.5. The maximum atomic E-state index is 12.5. The summed E-state index contributed by atoms with van der Waals surface area (Å²) < 4.78 is 29.5. The van der Waals surface area contributed by atoms with Gasteiger partial charge in [0.05, 0.1) is 17.3 Å². The number of aromatic nitrogens is 2. The monoisotopic (exact) mass is 405 g/mol. The fraction of sp³-hybridized carbons (Fsp3) is 0.211. The molecule has 0 aliphatic heterocycles. The lowest BCUT2D eigenvalue weighted by Gasteiger charge is -2.10. The van der Waals surface area contributed by atoms with Crippen molar-refractivity contribution in [2.24, 2.45) is 0 Å². The van der Waals surface area contributed by atoms with E-state index < -0.39 is 15.8 Å². The molecule has 3 rings (SSSR count). The summed E-state index contributed by atoms with van der Waals surface area (Å²) in [6.07, 6.45) is 0. The molecule has 0 amide bonds. The van der Waals surface area contributed by atoms with Crippen molar-refractivity contribution in [1.29, 1.82) is 0 Å². The van der Waals surface area contributed by atoms with Gasteiger partial charge in [0, 0.05) is 17.8 Å². The second kappa shape index (κ2) is 7.72. The van der Waals surface area contributed by atoms with E-state index in [1.54, 1.807) is 0 Å². The van der Waals surface area contributed by atoms with Gasteiger partial charge in [-0.1, -0.05) is 48.0 Å². The highest BCUT2D eigenvalue weighted by atomic mass is 35.5. The normalized spacial score (nSPS) is 11.7. The number of hydrogen-bond donors (Lipinski definition) is 2. The highest BCUT2D eigenvalue weighted by Crippen LogP contribution is 2.30. The van der Waals surface area contributed by atoms with Crippen LogP contribution < -0.4 is 4.72 Å². The number of rotatable bonds is 6. The lowest BCUT2D eigenvalue weighted by Crippen LogP contribution is -2.24. The van der Waals surface area contributed by atoms with Gasteiger partial charge in [0.25, 0.3) is 0 Å². The summed E-state index contributed by atoms with van der Waals surface area (Å²) in [5.41, 5.74) is 3.55. The van der Waals surface area contributed by atoms with Gasteiger partial charge in [-0.15, -0.1) is 0 Å². The Morgan fingerprint density at radius 1 is 1.11 bits per heavy atom. The molecule has 1 aromatic heterocycles. The van der Waals surface area contributed by atoms with Crippen LogP contribution in [0.5, 0.6) is 5.75 Å². The van der Waals surface area contributed by atoms with Crippen LogP contribution in [0.2, 0.25) is 5.02 Å². The maximum Gasteiger partial charge on any atom is 0.244 e. The minimum absolute atomic E-state index is 0.0130. The third-order valence-electron chi connectivity index (χ3n) is 4.38. The molecule has 0 atom stereocenters. The predicted molar refractivity (Wildman–Crippen MR) is 104 cm³/mol. The molecule has 1 heterocycles. The Labute approximate surface area is 163 Å². The lowest BCUT2D eigenvalue weighted by molar-refractivity contribution is 0.458. The van der Waals surface area contributed by atoms with E-state index in [4.69, 9.17) is 11.6 Å². The molecule has 0 aliphatic carbocycles. The first-order valence-corrected chi connectivity index (χ1v) is 10.2. The summed E-state index contributed by atoms with van der Waals surface area (Å²) in [5, 5.41) is 14.4. The van der Waals surface area contributed by atoms with Gasteiger partial charge in [-0.2, -0.15) is 5.10 Å². The number of phenols is 1. The summed E-state index contributed by atoms with van der Waals surface area (Å²) in [7, 11) is -3.92. The number of aryl methyl sites for hydroxylation is 1. The van der Waals surface area contributed by atoms with Crippen molar-refractivity contribution in [3.63, 3.8) is 0 Å². The Bertz CT molecular complexity index is 1060. The maximum absolute atomic E-state index is 12.5. The molecule has 0 unspecified atom stereocenters. The van der Waals surface area contributed by atoms with E-state index in [0.29, 0.717) is 6.54 Å². The SMILES string of the molecule is Cc1nn(Cc2ccccc2)c(C)c1CNS(=O)(=O)c1cccc(Cl)c1O. The van der Waals surface area contributed by atoms with Crippen molar-refractivity contribution in [2.45, 2.75) is 31.8 Å². The highest BCUT2D eigenvalue weighted by Gasteiger charge is 2.21. The molecule has 0 bridgehead atoms. The molecule has 0 spiro atoms. The number of phenolic OH excluding ortho intramolecular Hbond substituents is 1. The third kappa shape index (κ3) is 4.16. The number of halogens is 1. The number of nitrogens with one attached hydrogen (secondary N) is 1. The third-order valence-corrected chi connectivity index (χ3v) is 6.12. The Hall–Kier alpha value is -2.35. The van der Waals surface area contributed by atoms with Crippen LogP contribution in [0.3, 0.4) is 0 Å². The lowest BCUT2D eigenvalue weighted by atomic mass is 10.2. The smallest absolute Gasteiger partial charge is 0.244 e. The largest absolute Gasteiger partial charge is 0.505 e. The van der Waals surface area contributed by atoms with Gasteiger partial charge in [0.15, 0.2) is 5.75 Å². The van der Waals surface area contributed by atoms with E-state index in [0.717, 1.165) is 22.5 Å². The zero-order chi connectivity index (χ0) is 19.6. The Kier molecular flexibility index (Phi) is 5.55. The number of sulfonamides is 1. The van der Waals surface area contributed by atoms with Crippen LogP contribution in [0, 0.1) is 13.8 Å². The quantitative estimate of drug-likeness (QED) is 0.658. The Balaban J connectivity index is 1.81. The van der Waals surface area contributed by atoms with Gasteiger partial charge in [-0.25, -0.2) is 13.1 Å². The van der Waals surface area contributed by atoms with Crippen molar-refractivity contribution in [3.05, 3.63) is 76.1 Å². The molecule has 3 aromatic rings. The first kappa shape index (κ1) is 19.4. The summed E-state index contributed by atoms with van der Waals surface area (Å²) >= 11 is 5.81. The van der Waals surface area contributed by atoms with E-state index >= 15 is 0 Å². The van der Waals surface area contributed by atoms with Gasteiger partial charge < -0.3 is 5.11 Å². The fourth-order valence-electron chi connectivity index (χ4n) is 2.86. The zero-order valence-electron chi connectivity index (χ0n) is 15.0. The van der Waals surface area contributed by atoms with E-state index in [2.05, 4.69) is 9.82 Å². The standard InChI is InChI=1S/C19H20ClN3O3S/c1-13-16(14(2)23(22-13)12-15-7-4-3-5-8-15)11-21-27(25,26)18-10-6-9-17(20)19(18)24/h3-10,21,24H,11-12H2,1-2H3. The second-order valence-corrected chi connectivity index (χ2v) is 8.35. The Morgan fingerprint density at radius 2 is 1.81 bits per heavy atom. The second-order valence-electron chi connectivity index (χ2n) is 6.20. The number of nitrogens with zero attached hydrogens (tertiary/aromatic N) is 2. The molecule has 0 radical (unpaired) electrons. The summed E-state index contributed by atoms with van der Waals surface area (Å²) in [6, 6.07) is 14.1. The molecule has 6 nitrogen and oxygen atoms in total. The van der Waals surface area contributed by atoms with E-state index in [1.165, 1.54) is 18.2 Å². The molecule has 0 aliphatic rings. The molecule has 2 aromatic carbocycles. The van der Waals surface area contributed by atoms with Crippen LogP contribution in [0.1, 0.15) is 22.5 Å². The summed E-state index contributed by atoms with van der Waals surface area (Å²) in [4.78, 5) is -0.248. The number of para-hydroxylation sites is 1. The Morgan fingerprint density at radius 3 is 2.52 bits per heavy atom. The van der Waals surface area contributed by atoms with E-state index in [1.807, 2.05) is 48.9 Å². The van der Waals surface area contributed by atoms with Crippen LogP contribution in [-0.2, 0) is 23.1 Å². The topological polar surface area (TPSA) is 84.2 Å². The molecule has 27 heavy (non-hydrogen) atoms. The van der Waals surface area contributed by atoms with Crippen LogP contribution in [-0.4, -0.2) is 23.3 Å². The molecule has 0 saturated heterocycles. The number of benzene rings is 2. The highest BCUT2D eigenvalue weighted by molar-refractivity contribution is 7.89. The van der Waals surface area contributed by atoms with Gasteiger partial charge in [0.1, 0.15) is 4.90 Å². The number of aromatic hydroxyl groups is 1. The van der Waals surface area contributed by atoms with Crippen LogP contribution in [0.25, 0.3) is 0 Å². The van der Waals surface area contributed by atoms with Gasteiger partial charge in [-0.05, 0) is 31.5 Å². The molecule has 0 saturated carbocycles. The first-order chi connectivity index (χ1) is 12.8. The minimum Gasteiger partial charge on any atom is -0.505 e. The van der Waals surface area contributed by atoms with Crippen molar-refractivity contribution in [2.75, 3.05) is 0 Å². The first-order valence-electron chi connectivity index (χ1n) is 8.33. The fourth-order valence-corrected chi connectivity index (χ4v) is 4.20. The molecule has 8 heteroatoms. The van der Waals surface area contributed by atoms with Crippen LogP contribution in [0.4, 0.5) is 0 Å². The number of hydrogen-bond acceptors (Lipinski definition) is 4. The van der Waals surface area contributed by atoms with Crippen molar-refractivity contribution < 1.29 is 13.5 Å². The van der Waals surface area contributed by atoms with Crippen LogP contribution >= 0.6 is 11.6 Å². The summed E-state index contributed by atoms with van der Waals surface area (Å²) in [6.45, 7) is 4.43. The average Bonchev–Trinajstić information content (AvgIpc) is 2.89. The minimum atomic E-state index is -3.92. The van der Waals surface area contributed by atoms with E-state index in [-0.39, 0.29) is 16.5 Å². The van der Waals surface area contributed by atoms with Crippen LogP contribution in [0.15, 0.2) is 53.4 Å². The van der Waals surface area contributed by atoms with E-state index in [9.17, 15) is 13.5 Å². The summed E-state index contributed by atoms with van der Waals surface area (Å²) in [5.74, 6) is -0.458. The molecular formula is C19H20ClN3O3S. The predicted octanol–water partition coefficient (Wildman–Crippen LogP) is 3.39. The molecular weight excluding hydrogens is 386 g/mol. The van der Waals surface area contributed by atoms with Gasteiger partial charge >= 0.3 is 0 Å². The molecule has 142 valence electrons. The molecule has 2 N–H and O–H groups in total. The van der Waals surface area contributed by atoms with Gasteiger partial charge in [-0.3, -0.25) is 4.68 Å². The van der Waals surface area contributed by atoms with Gasteiger partial charge in [0.2, 0.25) is 10.0 Å². The van der Waals surface area contributed by atoms with Crippen molar-refractivity contribution >= 4 is 21.6 Å². The molecule has 0 fully saturated rings.